The average Bonchev–Trinajstić information content (AvgIpc) is 2.57. The topological polar surface area (TPSA) is 44.2 Å². The van der Waals surface area contributed by atoms with Crippen LogP contribution in [-0.2, 0) is 11.3 Å². The maximum atomic E-state index is 5.95. The number of ether oxygens (including phenoxy) is 2. The van der Waals surface area contributed by atoms with E-state index in [4.69, 9.17) is 21.1 Å². The van der Waals surface area contributed by atoms with E-state index in [-0.39, 0.29) is 6.10 Å². The van der Waals surface area contributed by atoms with Gasteiger partial charge in [0.1, 0.15) is 17.9 Å². The highest BCUT2D eigenvalue weighted by atomic mass is 35.5. The average molecular weight is 271 g/mol. The third-order valence-corrected chi connectivity index (χ3v) is 3.27. The third-order valence-electron chi connectivity index (χ3n) is 3.08. The molecule has 1 fully saturated rings. The van der Waals surface area contributed by atoms with E-state index in [1.165, 1.54) is 25.7 Å². The van der Waals surface area contributed by atoms with Crippen molar-refractivity contribution in [3.8, 4) is 5.88 Å². The lowest BCUT2D eigenvalue weighted by Gasteiger charge is -2.16. The summed E-state index contributed by atoms with van der Waals surface area (Å²) in [6, 6.07) is 1.67. The molecule has 18 heavy (non-hydrogen) atoms. The van der Waals surface area contributed by atoms with Crippen molar-refractivity contribution in [1.29, 1.82) is 0 Å². The molecule has 0 atom stereocenters. The van der Waals surface area contributed by atoms with Crippen LogP contribution in [0.1, 0.15) is 44.3 Å². The highest BCUT2D eigenvalue weighted by molar-refractivity contribution is 6.29. The quantitative estimate of drug-likeness (QED) is 0.621. The Kier molecular flexibility index (Phi) is 5.20. The highest BCUT2D eigenvalue weighted by Crippen LogP contribution is 2.23. The normalized spacial score (nSPS) is 17.4. The van der Waals surface area contributed by atoms with Crippen LogP contribution in [-0.4, -0.2) is 23.2 Å². The molecule has 2 rings (SSSR count). The predicted octanol–water partition coefficient (Wildman–Crippen LogP) is 3.38. The van der Waals surface area contributed by atoms with Crippen molar-refractivity contribution in [2.75, 3.05) is 7.11 Å². The van der Waals surface area contributed by atoms with Gasteiger partial charge in [0.25, 0.3) is 0 Å². The molecule has 1 aliphatic rings. The molecule has 1 aromatic heterocycles. The Labute approximate surface area is 113 Å². The van der Waals surface area contributed by atoms with Crippen LogP contribution in [0, 0.1) is 0 Å². The van der Waals surface area contributed by atoms with Crippen LogP contribution in [0.4, 0.5) is 0 Å². The summed E-state index contributed by atoms with van der Waals surface area (Å²) in [6.45, 7) is 0.349. The summed E-state index contributed by atoms with van der Waals surface area (Å²) in [6.07, 6.45) is 7.53. The van der Waals surface area contributed by atoms with Crippen molar-refractivity contribution in [3.63, 3.8) is 0 Å². The summed E-state index contributed by atoms with van der Waals surface area (Å²) < 4.78 is 10.9. The van der Waals surface area contributed by atoms with Crippen LogP contribution >= 0.6 is 11.6 Å². The van der Waals surface area contributed by atoms with Crippen LogP contribution in [0.5, 0.6) is 5.88 Å². The summed E-state index contributed by atoms with van der Waals surface area (Å²) >= 11 is 5.95. The summed E-state index contributed by atoms with van der Waals surface area (Å²) in [5, 5.41) is 0.403. The van der Waals surface area contributed by atoms with Gasteiger partial charge in [-0.25, -0.2) is 4.98 Å². The lowest BCUT2D eigenvalue weighted by Crippen LogP contribution is -2.16. The Morgan fingerprint density at radius 1 is 1.22 bits per heavy atom. The van der Waals surface area contributed by atoms with Crippen molar-refractivity contribution in [2.24, 2.45) is 0 Å². The van der Waals surface area contributed by atoms with Gasteiger partial charge in [-0.3, -0.25) is 0 Å². The largest absolute Gasteiger partial charge is 0.474 e. The molecule has 1 aliphatic carbocycles. The molecule has 0 aromatic carbocycles. The molecule has 4 nitrogen and oxygen atoms in total. The molecule has 0 radical (unpaired) electrons. The monoisotopic (exact) mass is 270 g/mol. The maximum Gasteiger partial charge on any atom is 0.218 e. The SMILES string of the molecule is COCc1nc(Cl)cc(OC2CCCCCC2)n1. The van der Waals surface area contributed by atoms with Gasteiger partial charge < -0.3 is 9.47 Å². The summed E-state index contributed by atoms with van der Waals surface area (Å²) in [5.74, 6) is 1.13. The second-order valence-corrected chi connectivity index (χ2v) is 5.00. The van der Waals surface area contributed by atoms with Gasteiger partial charge in [-0.15, -0.1) is 0 Å². The minimum atomic E-state index is 0.258. The molecule has 0 aliphatic heterocycles. The first-order chi connectivity index (χ1) is 8.78. The second-order valence-electron chi connectivity index (χ2n) is 4.61. The van der Waals surface area contributed by atoms with Crippen LogP contribution in [0.2, 0.25) is 5.15 Å². The van der Waals surface area contributed by atoms with Gasteiger partial charge in [0.05, 0.1) is 0 Å². The summed E-state index contributed by atoms with van der Waals surface area (Å²) in [5.41, 5.74) is 0. The standard InChI is InChI=1S/C13H19ClN2O2/c1-17-9-12-15-11(14)8-13(16-12)18-10-6-4-2-3-5-7-10/h8,10H,2-7,9H2,1H3. The fourth-order valence-corrected chi connectivity index (χ4v) is 2.42. The van der Waals surface area contributed by atoms with Crippen LogP contribution in [0.3, 0.4) is 0 Å². The van der Waals surface area contributed by atoms with Crippen molar-refractivity contribution in [2.45, 2.75) is 51.2 Å². The predicted molar refractivity (Wildman–Crippen MR) is 69.9 cm³/mol. The van der Waals surface area contributed by atoms with E-state index >= 15 is 0 Å². The Morgan fingerprint density at radius 2 is 1.94 bits per heavy atom. The minimum absolute atomic E-state index is 0.258. The maximum absolute atomic E-state index is 5.95. The van der Waals surface area contributed by atoms with Gasteiger partial charge in [-0.2, -0.15) is 4.98 Å². The molecule has 0 unspecified atom stereocenters. The molecule has 100 valence electrons. The van der Waals surface area contributed by atoms with Crippen molar-refractivity contribution in [3.05, 3.63) is 17.0 Å². The van der Waals surface area contributed by atoms with Gasteiger partial charge in [-0.05, 0) is 25.7 Å². The number of hydrogen-bond donors (Lipinski definition) is 0. The summed E-state index contributed by atoms with van der Waals surface area (Å²) in [4.78, 5) is 8.39. The van der Waals surface area contributed by atoms with Gasteiger partial charge >= 0.3 is 0 Å². The number of rotatable bonds is 4. The number of aromatic nitrogens is 2. The molecule has 0 N–H and O–H groups in total. The van der Waals surface area contributed by atoms with Crippen molar-refractivity contribution < 1.29 is 9.47 Å². The van der Waals surface area contributed by atoms with Gasteiger partial charge in [0.15, 0.2) is 5.82 Å². The molecule has 0 saturated heterocycles. The lowest BCUT2D eigenvalue weighted by molar-refractivity contribution is 0.163. The summed E-state index contributed by atoms with van der Waals surface area (Å²) in [7, 11) is 1.61. The van der Waals surface area contributed by atoms with Gasteiger partial charge in [-0.1, -0.05) is 24.4 Å². The van der Waals surface area contributed by atoms with E-state index in [1.807, 2.05) is 0 Å². The molecular formula is C13H19ClN2O2. The molecule has 1 saturated carbocycles. The molecule has 0 bridgehead atoms. The van der Waals surface area contributed by atoms with Crippen LogP contribution in [0.15, 0.2) is 6.07 Å². The van der Waals surface area contributed by atoms with Crippen LogP contribution < -0.4 is 4.74 Å². The minimum Gasteiger partial charge on any atom is -0.474 e. The zero-order valence-corrected chi connectivity index (χ0v) is 11.4. The first-order valence-electron chi connectivity index (χ1n) is 6.47. The van der Waals surface area contributed by atoms with Crippen LogP contribution in [0.25, 0.3) is 0 Å². The van der Waals surface area contributed by atoms with E-state index < -0.39 is 0 Å². The fourth-order valence-electron chi connectivity index (χ4n) is 2.23. The number of halogens is 1. The zero-order chi connectivity index (χ0) is 12.8. The van der Waals surface area contributed by atoms with Crippen molar-refractivity contribution in [1.82, 2.24) is 9.97 Å². The van der Waals surface area contributed by atoms with E-state index in [2.05, 4.69) is 9.97 Å². The Balaban J connectivity index is 2.02. The van der Waals surface area contributed by atoms with E-state index in [9.17, 15) is 0 Å². The molecule has 0 spiro atoms. The number of nitrogens with zero attached hydrogens (tertiary/aromatic N) is 2. The Bertz CT molecular complexity index is 379. The first kappa shape index (κ1) is 13.6. The second kappa shape index (κ2) is 6.90. The Hall–Kier alpha value is -0.870. The molecule has 0 amide bonds. The van der Waals surface area contributed by atoms with Gasteiger partial charge in [0, 0.05) is 13.2 Å². The fraction of sp³-hybridized carbons (Fsp3) is 0.692. The highest BCUT2D eigenvalue weighted by Gasteiger charge is 2.15. The Morgan fingerprint density at radius 3 is 2.61 bits per heavy atom. The number of hydrogen-bond acceptors (Lipinski definition) is 4. The first-order valence-corrected chi connectivity index (χ1v) is 6.85. The molecule has 1 aromatic rings. The molecule has 5 heteroatoms. The smallest absolute Gasteiger partial charge is 0.218 e. The van der Waals surface area contributed by atoms with Crippen molar-refractivity contribution >= 4 is 11.6 Å². The zero-order valence-electron chi connectivity index (χ0n) is 10.7. The third kappa shape index (κ3) is 4.10. The number of methoxy groups -OCH3 is 1. The lowest BCUT2D eigenvalue weighted by atomic mass is 10.1. The van der Waals surface area contributed by atoms with Gasteiger partial charge in [0.2, 0.25) is 5.88 Å². The van der Waals surface area contributed by atoms with E-state index in [0.717, 1.165) is 12.8 Å². The van der Waals surface area contributed by atoms with E-state index in [1.54, 1.807) is 13.2 Å². The van der Waals surface area contributed by atoms with E-state index in [0.29, 0.717) is 23.5 Å². The molecular weight excluding hydrogens is 252 g/mol. The molecule has 1 heterocycles.